The first-order valence-electron chi connectivity index (χ1n) is 5.57. The van der Waals surface area contributed by atoms with Gasteiger partial charge in [-0.2, -0.15) is 11.8 Å². The summed E-state index contributed by atoms with van der Waals surface area (Å²) < 4.78 is 0. The van der Waals surface area contributed by atoms with E-state index in [1.165, 1.54) is 0 Å². The second-order valence-electron chi connectivity index (χ2n) is 4.26. The van der Waals surface area contributed by atoms with Crippen LogP contribution in [0.2, 0.25) is 0 Å². The zero-order chi connectivity index (χ0) is 11.5. The van der Waals surface area contributed by atoms with Gasteiger partial charge in [0.2, 0.25) is 0 Å². The van der Waals surface area contributed by atoms with E-state index in [9.17, 15) is 9.59 Å². The molecule has 17 heavy (non-hydrogen) atoms. The van der Waals surface area contributed by atoms with Crippen LogP contribution in [0.15, 0.2) is 0 Å². The first-order chi connectivity index (χ1) is 7.66. The third kappa shape index (κ3) is 3.52. The molecule has 0 radical (unpaired) electrons. The fourth-order valence-corrected chi connectivity index (χ4v) is 3.81. The summed E-state index contributed by atoms with van der Waals surface area (Å²) in [6.45, 7) is 0. The van der Waals surface area contributed by atoms with Gasteiger partial charge in [0.05, 0.1) is 12.1 Å². The summed E-state index contributed by atoms with van der Waals surface area (Å²) in [4.78, 5) is 21.5. The average Bonchev–Trinajstić information content (AvgIpc) is 2.72. The molecule has 98 valence electrons. The highest BCUT2D eigenvalue weighted by Gasteiger charge is 2.42. The van der Waals surface area contributed by atoms with Crippen LogP contribution in [0, 0.1) is 0 Å². The quantitative estimate of drug-likeness (QED) is 0.516. The van der Waals surface area contributed by atoms with E-state index in [2.05, 4.69) is 10.6 Å². The molecular formula is C11H20N2O3S. The van der Waals surface area contributed by atoms with Crippen molar-refractivity contribution < 1.29 is 14.7 Å². The molecule has 0 bridgehead atoms. The van der Waals surface area contributed by atoms with Crippen LogP contribution in [0.3, 0.4) is 0 Å². The normalized spacial score (nSPS) is 30.1. The maximum atomic E-state index is 11.1. The summed E-state index contributed by atoms with van der Waals surface area (Å²) in [7, 11) is 0. The number of hydrogen-bond acceptors (Lipinski definition) is 3. The summed E-state index contributed by atoms with van der Waals surface area (Å²) in [6.07, 6.45) is 2.88. The Kier molecular flexibility index (Phi) is 5.11. The monoisotopic (exact) mass is 260 g/mol. The molecule has 0 aliphatic carbocycles. The van der Waals surface area contributed by atoms with Crippen molar-refractivity contribution in [1.82, 2.24) is 10.6 Å². The number of rotatable bonds is 5. The third-order valence-corrected chi connectivity index (χ3v) is 4.58. The fourth-order valence-electron chi connectivity index (χ4n) is 2.26. The summed E-state index contributed by atoms with van der Waals surface area (Å²) >= 11 is 1.87. The number of thioether (sulfide) groups is 1. The van der Waals surface area contributed by atoms with Gasteiger partial charge in [-0.15, -0.1) is 0 Å². The molecule has 5 nitrogen and oxygen atoms in total. The van der Waals surface area contributed by atoms with Crippen LogP contribution in [0.1, 0.15) is 33.1 Å². The Balaban J connectivity index is 0.00000144. The smallest absolute Gasteiger partial charge is 0.315 e. The van der Waals surface area contributed by atoms with E-state index in [0.717, 1.165) is 25.0 Å². The lowest BCUT2D eigenvalue weighted by Gasteiger charge is -2.16. The molecule has 2 saturated heterocycles. The molecule has 0 unspecified atom stereocenters. The van der Waals surface area contributed by atoms with Gasteiger partial charge in [0.1, 0.15) is 0 Å². The van der Waals surface area contributed by atoms with Crippen LogP contribution in [0.5, 0.6) is 0 Å². The minimum Gasteiger partial charge on any atom is -0.481 e. The predicted molar refractivity (Wildman–Crippen MR) is 68.3 cm³/mol. The van der Waals surface area contributed by atoms with E-state index in [0.29, 0.717) is 5.25 Å². The number of nitrogens with one attached hydrogen (secondary N) is 2. The molecule has 2 aliphatic heterocycles. The van der Waals surface area contributed by atoms with Crippen molar-refractivity contribution in [1.29, 1.82) is 0 Å². The van der Waals surface area contributed by atoms with Crippen molar-refractivity contribution in [2.75, 3.05) is 5.75 Å². The lowest BCUT2D eigenvalue weighted by Crippen LogP contribution is -2.36. The van der Waals surface area contributed by atoms with Gasteiger partial charge >= 0.3 is 12.0 Å². The number of carbonyl (C=O) groups excluding carboxylic acids is 1. The Labute approximate surface area is 106 Å². The van der Waals surface area contributed by atoms with Gasteiger partial charge in [-0.05, 0) is 12.8 Å². The number of unbranched alkanes of at least 4 members (excludes halogenated alkanes) is 1. The highest BCUT2D eigenvalue weighted by atomic mass is 32.2. The lowest BCUT2D eigenvalue weighted by atomic mass is 10.0. The number of hydrogen-bond donors (Lipinski definition) is 3. The second kappa shape index (κ2) is 6.14. The van der Waals surface area contributed by atoms with Crippen molar-refractivity contribution >= 4 is 23.8 Å². The molecule has 6 heteroatoms. The number of aliphatic carboxylic acids is 1. The van der Waals surface area contributed by atoms with E-state index in [-0.39, 0.29) is 32.0 Å². The predicted octanol–water partition coefficient (Wildman–Crippen LogP) is 1.43. The van der Waals surface area contributed by atoms with Crippen molar-refractivity contribution in [3.05, 3.63) is 0 Å². The maximum absolute atomic E-state index is 11.1. The van der Waals surface area contributed by atoms with Gasteiger partial charge < -0.3 is 15.7 Å². The first kappa shape index (κ1) is 14.2. The van der Waals surface area contributed by atoms with Crippen molar-refractivity contribution in [2.24, 2.45) is 0 Å². The first-order valence-corrected chi connectivity index (χ1v) is 6.62. The molecule has 2 amide bonds. The van der Waals surface area contributed by atoms with E-state index in [1.807, 2.05) is 11.8 Å². The van der Waals surface area contributed by atoms with Crippen LogP contribution in [-0.4, -0.2) is 40.2 Å². The molecule has 0 saturated carbocycles. The number of carboxylic acid groups (broad SMARTS) is 1. The summed E-state index contributed by atoms with van der Waals surface area (Å²) in [5.41, 5.74) is 0. The molecule has 0 spiro atoms. The van der Waals surface area contributed by atoms with Crippen LogP contribution < -0.4 is 10.6 Å². The number of urea groups is 1. The second-order valence-corrected chi connectivity index (χ2v) is 5.53. The van der Waals surface area contributed by atoms with E-state index in [1.54, 1.807) is 0 Å². The van der Waals surface area contributed by atoms with Crippen LogP contribution in [-0.2, 0) is 4.79 Å². The molecule has 2 rings (SSSR count). The summed E-state index contributed by atoms with van der Waals surface area (Å²) in [5, 5.41) is 14.8. The fraction of sp³-hybridized carbons (Fsp3) is 0.818. The van der Waals surface area contributed by atoms with Crippen molar-refractivity contribution in [3.8, 4) is 0 Å². The molecule has 0 aromatic heterocycles. The Morgan fingerprint density at radius 2 is 2.18 bits per heavy atom. The number of carbonyl (C=O) groups is 2. The van der Waals surface area contributed by atoms with Gasteiger partial charge in [-0.1, -0.05) is 13.8 Å². The minimum absolute atomic E-state index is 0. The largest absolute Gasteiger partial charge is 0.481 e. The summed E-state index contributed by atoms with van der Waals surface area (Å²) in [6, 6.07) is 0.440. The van der Waals surface area contributed by atoms with E-state index < -0.39 is 5.97 Å². The van der Waals surface area contributed by atoms with Gasteiger partial charge in [-0.25, -0.2) is 4.79 Å². The zero-order valence-corrected chi connectivity index (χ0v) is 9.76. The van der Waals surface area contributed by atoms with Crippen molar-refractivity contribution in [3.63, 3.8) is 0 Å². The molecule has 2 heterocycles. The summed E-state index contributed by atoms with van der Waals surface area (Å²) in [5.74, 6) is 0.236. The molecule has 2 aliphatic rings. The zero-order valence-electron chi connectivity index (χ0n) is 8.94. The molecule has 3 N–H and O–H groups in total. The van der Waals surface area contributed by atoms with Gasteiger partial charge in [0.15, 0.2) is 0 Å². The molecule has 0 aromatic rings. The van der Waals surface area contributed by atoms with Crippen LogP contribution in [0.4, 0.5) is 4.79 Å². The number of carboxylic acids is 1. The highest BCUT2D eigenvalue weighted by molar-refractivity contribution is 8.00. The number of fused-ring (bicyclic) bond motifs is 1. The minimum atomic E-state index is -0.729. The van der Waals surface area contributed by atoms with Gasteiger partial charge in [0.25, 0.3) is 0 Å². The lowest BCUT2D eigenvalue weighted by molar-refractivity contribution is -0.137. The molecule has 2 fully saturated rings. The Morgan fingerprint density at radius 3 is 2.88 bits per heavy atom. The van der Waals surface area contributed by atoms with Crippen molar-refractivity contribution in [2.45, 2.75) is 50.4 Å². The SMILES string of the molecule is C.O=C(O)CCCC[C@@H]1SC[C@@H]2NC(=O)N[C@@H]21. The third-order valence-electron chi connectivity index (χ3n) is 3.07. The maximum Gasteiger partial charge on any atom is 0.315 e. The average molecular weight is 260 g/mol. The topological polar surface area (TPSA) is 78.4 Å². The standard InChI is InChI=1S/C10H16N2O3S.CH4/c13-8(14)4-2-1-3-7-9-6(5-16-7)11-10(15)12-9;/h6-7,9H,1-5H2,(H,13,14)(H2,11,12,15);1H4/t6-,7-,9-;/m0./s1. The van der Waals surface area contributed by atoms with Crippen LogP contribution in [0.25, 0.3) is 0 Å². The van der Waals surface area contributed by atoms with Crippen LogP contribution >= 0.6 is 11.8 Å². The molecule has 0 aromatic carbocycles. The Morgan fingerprint density at radius 1 is 1.41 bits per heavy atom. The van der Waals surface area contributed by atoms with E-state index in [4.69, 9.17) is 5.11 Å². The molecule has 3 atom stereocenters. The number of amides is 2. The van der Waals surface area contributed by atoms with Gasteiger partial charge in [0, 0.05) is 17.4 Å². The Hall–Kier alpha value is -0.910. The molecular weight excluding hydrogens is 240 g/mol. The van der Waals surface area contributed by atoms with Gasteiger partial charge in [-0.3, -0.25) is 4.79 Å². The highest BCUT2D eigenvalue weighted by Crippen LogP contribution is 2.33. The van der Waals surface area contributed by atoms with E-state index >= 15 is 0 Å². The Bertz CT molecular complexity index is 298.